The molecule has 0 aliphatic heterocycles. The molecule has 0 amide bonds. The van der Waals surface area contributed by atoms with Gasteiger partial charge in [-0.3, -0.25) is 4.72 Å². The zero-order valence-electron chi connectivity index (χ0n) is 13.7. The third-order valence-electron chi connectivity index (χ3n) is 3.41. The molecule has 2 aromatic rings. The summed E-state index contributed by atoms with van der Waals surface area (Å²) in [5, 5.41) is 0. The first-order chi connectivity index (χ1) is 11.2. The minimum atomic E-state index is -3.73. The molecule has 1 aromatic heterocycles. The molecule has 1 aromatic carbocycles. The van der Waals surface area contributed by atoms with E-state index in [0.717, 1.165) is 16.2 Å². The van der Waals surface area contributed by atoms with E-state index < -0.39 is 20.0 Å². The smallest absolute Gasteiger partial charge is 0.271 e. The van der Waals surface area contributed by atoms with Gasteiger partial charge < -0.3 is 0 Å². The predicted molar refractivity (Wildman–Crippen MR) is 96.4 cm³/mol. The standard InChI is InChI=1S/C15H20N2O4S3/c1-4-17(5-2)24(20,21)14-8-6-7-13(11-14)16-23(18,19)15-10-9-12(3)22-15/h6-11,16H,4-5H2,1-3H3. The highest BCUT2D eigenvalue weighted by Crippen LogP contribution is 2.25. The second-order valence-electron chi connectivity index (χ2n) is 5.09. The molecule has 0 saturated heterocycles. The second-order valence-corrected chi connectivity index (χ2v) is 10.2. The van der Waals surface area contributed by atoms with E-state index in [2.05, 4.69) is 4.72 Å². The number of thiophene rings is 1. The second kappa shape index (κ2) is 7.22. The zero-order valence-corrected chi connectivity index (χ0v) is 16.1. The molecule has 0 bridgehead atoms. The summed E-state index contributed by atoms with van der Waals surface area (Å²) in [6, 6.07) is 9.10. The van der Waals surface area contributed by atoms with Crippen molar-refractivity contribution in [2.45, 2.75) is 29.9 Å². The fourth-order valence-electron chi connectivity index (χ4n) is 2.19. The molecule has 0 spiro atoms. The number of nitrogens with zero attached hydrogens (tertiary/aromatic N) is 1. The number of sulfonamides is 2. The van der Waals surface area contributed by atoms with E-state index >= 15 is 0 Å². The first kappa shape index (κ1) is 18.9. The van der Waals surface area contributed by atoms with Crippen LogP contribution in [-0.4, -0.2) is 34.2 Å². The Bertz CT molecular complexity index is 914. The molecule has 1 N–H and O–H groups in total. The van der Waals surface area contributed by atoms with Gasteiger partial charge in [0.05, 0.1) is 10.6 Å². The minimum absolute atomic E-state index is 0.0637. The highest BCUT2D eigenvalue weighted by Gasteiger charge is 2.23. The molecule has 1 heterocycles. The van der Waals surface area contributed by atoms with Crippen molar-refractivity contribution in [1.82, 2.24) is 4.31 Å². The van der Waals surface area contributed by atoms with Gasteiger partial charge in [0, 0.05) is 18.0 Å². The van der Waals surface area contributed by atoms with Gasteiger partial charge in [0.1, 0.15) is 4.21 Å². The molecule has 0 fully saturated rings. The Morgan fingerprint density at radius 2 is 1.71 bits per heavy atom. The number of hydrogen-bond donors (Lipinski definition) is 1. The lowest BCUT2D eigenvalue weighted by molar-refractivity contribution is 0.445. The minimum Gasteiger partial charge on any atom is -0.279 e. The number of aryl methyl sites for hydroxylation is 1. The molecule has 0 atom stereocenters. The summed E-state index contributed by atoms with van der Waals surface area (Å²) in [5.41, 5.74) is 0.217. The predicted octanol–water partition coefficient (Wildman–Crippen LogP) is 2.89. The van der Waals surface area contributed by atoms with Gasteiger partial charge in [-0.25, -0.2) is 16.8 Å². The van der Waals surface area contributed by atoms with Crippen molar-refractivity contribution in [3.63, 3.8) is 0 Å². The van der Waals surface area contributed by atoms with Crippen molar-refractivity contribution >= 4 is 37.1 Å². The van der Waals surface area contributed by atoms with Crippen LogP contribution in [0.3, 0.4) is 0 Å². The van der Waals surface area contributed by atoms with Crippen molar-refractivity contribution in [3.8, 4) is 0 Å². The lowest BCUT2D eigenvalue weighted by Gasteiger charge is -2.18. The number of benzene rings is 1. The highest BCUT2D eigenvalue weighted by atomic mass is 32.2. The summed E-state index contributed by atoms with van der Waals surface area (Å²) in [6.07, 6.45) is 0. The number of anilines is 1. The third-order valence-corrected chi connectivity index (χ3v) is 8.33. The lowest BCUT2D eigenvalue weighted by Crippen LogP contribution is -2.30. The molecule has 2 rings (SSSR count). The van der Waals surface area contributed by atoms with E-state index in [1.54, 1.807) is 19.9 Å². The van der Waals surface area contributed by atoms with Gasteiger partial charge >= 0.3 is 0 Å². The monoisotopic (exact) mass is 388 g/mol. The summed E-state index contributed by atoms with van der Waals surface area (Å²) in [4.78, 5) is 0.946. The van der Waals surface area contributed by atoms with Crippen LogP contribution in [0, 0.1) is 6.92 Å². The fourth-order valence-corrected chi connectivity index (χ4v) is 6.03. The van der Waals surface area contributed by atoms with Crippen molar-refractivity contribution in [3.05, 3.63) is 41.3 Å². The summed E-state index contributed by atoms with van der Waals surface area (Å²) in [5.74, 6) is 0. The van der Waals surface area contributed by atoms with Crippen LogP contribution >= 0.6 is 11.3 Å². The van der Waals surface area contributed by atoms with Crippen LogP contribution < -0.4 is 4.72 Å². The molecule has 132 valence electrons. The van der Waals surface area contributed by atoms with E-state index in [1.165, 1.54) is 34.6 Å². The number of hydrogen-bond acceptors (Lipinski definition) is 5. The maximum atomic E-state index is 12.5. The first-order valence-corrected chi connectivity index (χ1v) is 11.1. The maximum absolute atomic E-state index is 12.5. The van der Waals surface area contributed by atoms with Gasteiger partial charge in [-0.2, -0.15) is 4.31 Å². The molecule has 0 saturated carbocycles. The topological polar surface area (TPSA) is 83.6 Å². The quantitative estimate of drug-likeness (QED) is 0.790. The molecule has 0 aliphatic rings. The summed E-state index contributed by atoms with van der Waals surface area (Å²) in [6.45, 7) is 6.03. The van der Waals surface area contributed by atoms with Gasteiger partial charge in [0.15, 0.2) is 0 Å². The molecule has 9 heteroatoms. The fraction of sp³-hybridized carbons (Fsp3) is 0.333. The van der Waals surface area contributed by atoms with Crippen LogP contribution in [0.5, 0.6) is 0 Å². The van der Waals surface area contributed by atoms with Crippen LogP contribution in [-0.2, 0) is 20.0 Å². The van der Waals surface area contributed by atoms with Crippen LogP contribution in [0.2, 0.25) is 0 Å². The number of rotatable bonds is 7. The molecular weight excluding hydrogens is 368 g/mol. The van der Waals surface area contributed by atoms with Crippen molar-refractivity contribution in [2.24, 2.45) is 0 Å². The van der Waals surface area contributed by atoms with Gasteiger partial charge in [-0.15, -0.1) is 11.3 Å². The van der Waals surface area contributed by atoms with Gasteiger partial charge in [-0.05, 0) is 37.3 Å². The Balaban J connectivity index is 2.35. The molecular formula is C15H20N2O4S3. The normalized spacial score (nSPS) is 12.5. The van der Waals surface area contributed by atoms with Crippen LogP contribution in [0.4, 0.5) is 5.69 Å². The molecule has 0 unspecified atom stereocenters. The van der Waals surface area contributed by atoms with Crippen molar-refractivity contribution < 1.29 is 16.8 Å². The highest BCUT2D eigenvalue weighted by molar-refractivity contribution is 7.94. The molecule has 24 heavy (non-hydrogen) atoms. The third kappa shape index (κ3) is 3.97. The van der Waals surface area contributed by atoms with Crippen LogP contribution in [0.25, 0.3) is 0 Å². The van der Waals surface area contributed by atoms with E-state index in [9.17, 15) is 16.8 Å². The van der Waals surface area contributed by atoms with Gasteiger partial charge in [0.2, 0.25) is 10.0 Å². The molecule has 0 radical (unpaired) electrons. The van der Waals surface area contributed by atoms with E-state index in [1.807, 2.05) is 6.92 Å². The van der Waals surface area contributed by atoms with Crippen molar-refractivity contribution in [2.75, 3.05) is 17.8 Å². The van der Waals surface area contributed by atoms with Crippen molar-refractivity contribution in [1.29, 1.82) is 0 Å². The van der Waals surface area contributed by atoms with Gasteiger partial charge in [-0.1, -0.05) is 19.9 Å². The summed E-state index contributed by atoms with van der Waals surface area (Å²) in [7, 11) is -7.36. The maximum Gasteiger partial charge on any atom is 0.271 e. The van der Waals surface area contributed by atoms with E-state index in [0.29, 0.717) is 13.1 Å². The van der Waals surface area contributed by atoms with Crippen LogP contribution in [0.15, 0.2) is 45.5 Å². The number of nitrogens with one attached hydrogen (secondary N) is 1. The van der Waals surface area contributed by atoms with Gasteiger partial charge in [0.25, 0.3) is 10.0 Å². The first-order valence-electron chi connectivity index (χ1n) is 7.40. The average molecular weight is 389 g/mol. The largest absolute Gasteiger partial charge is 0.279 e. The Kier molecular flexibility index (Phi) is 5.69. The molecule has 0 aliphatic carbocycles. The summed E-state index contributed by atoms with van der Waals surface area (Å²) < 4.78 is 53.7. The Labute approximate surface area is 147 Å². The Morgan fingerprint density at radius 1 is 1.04 bits per heavy atom. The zero-order chi connectivity index (χ0) is 18.0. The lowest BCUT2D eigenvalue weighted by atomic mass is 10.3. The SMILES string of the molecule is CCN(CC)S(=O)(=O)c1cccc(NS(=O)(=O)c2ccc(C)s2)c1. The van der Waals surface area contributed by atoms with Crippen LogP contribution in [0.1, 0.15) is 18.7 Å². The Hall–Kier alpha value is -1.42. The van der Waals surface area contributed by atoms with E-state index in [-0.39, 0.29) is 14.8 Å². The average Bonchev–Trinajstić information content (AvgIpc) is 2.95. The molecule has 6 nitrogen and oxygen atoms in total. The summed E-state index contributed by atoms with van der Waals surface area (Å²) >= 11 is 1.16. The Morgan fingerprint density at radius 3 is 2.25 bits per heavy atom. The van der Waals surface area contributed by atoms with E-state index in [4.69, 9.17) is 0 Å².